The molecule has 1 aliphatic heterocycles. The van der Waals surface area contributed by atoms with E-state index in [1.54, 1.807) is 18.2 Å². The van der Waals surface area contributed by atoms with E-state index in [1.807, 2.05) is 53.2 Å². The number of nitrogens with one attached hydrogen (secondary N) is 1. The summed E-state index contributed by atoms with van der Waals surface area (Å²) in [6.07, 6.45) is 3.62. The maximum Gasteiger partial charge on any atom is 0.264 e. The zero-order valence-electron chi connectivity index (χ0n) is 14.5. The summed E-state index contributed by atoms with van der Waals surface area (Å²) in [7, 11) is 0. The lowest BCUT2D eigenvalue weighted by atomic mass is 10.2. The van der Waals surface area contributed by atoms with E-state index in [-0.39, 0.29) is 11.5 Å². The number of nitrogens with zero attached hydrogens (tertiary/aromatic N) is 2. The van der Waals surface area contributed by atoms with Crippen molar-refractivity contribution in [1.82, 2.24) is 9.88 Å². The van der Waals surface area contributed by atoms with E-state index in [4.69, 9.17) is 0 Å². The first-order chi connectivity index (χ1) is 13.6. The maximum absolute atomic E-state index is 12.3. The topological polar surface area (TPSA) is 86.5 Å². The highest BCUT2D eigenvalue weighted by Crippen LogP contribution is 2.28. The van der Waals surface area contributed by atoms with E-state index in [0.29, 0.717) is 10.1 Å². The number of aromatic nitrogens is 1. The van der Waals surface area contributed by atoms with Gasteiger partial charge in [0.05, 0.1) is 16.6 Å². The normalized spacial score (nSPS) is 16.5. The van der Waals surface area contributed by atoms with Gasteiger partial charge in [0.15, 0.2) is 5.17 Å². The van der Waals surface area contributed by atoms with Crippen LogP contribution in [0.1, 0.15) is 16.1 Å². The molecule has 4 rings (SSSR count). The third kappa shape index (κ3) is 3.74. The van der Waals surface area contributed by atoms with Crippen molar-refractivity contribution in [2.75, 3.05) is 0 Å². The van der Waals surface area contributed by atoms with E-state index >= 15 is 0 Å². The number of carbonyl (C=O) groups is 2. The highest BCUT2D eigenvalue weighted by molar-refractivity contribution is 8.18. The Bertz CT molecular complexity index is 1100. The van der Waals surface area contributed by atoms with Gasteiger partial charge in [-0.25, -0.2) is 4.99 Å². The Balaban J connectivity index is 1.60. The highest BCUT2D eigenvalue weighted by atomic mass is 32.2. The first-order valence-corrected chi connectivity index (χ1v) is 9.25. The van der Waals surface area contributed by atoms with Crippen LogP contribution in [0.5, 0.6) is 0 Å². The van der Waals surface area contributed by atoms with Gasteiger partial charge < -0.3 is 19.8 Å². The molecule has 0 saturated carbocycles. The third-order valence-electron chi connectivity index (χ3n) is 4.08. The summed E-state index contributed by atoms with van der Waals surface area (Å²) < 4.78 is 1.87. The molecule has 0 atom stereocenters. The van der Waals surface area contributed by atoms with Crippen molar-refractivity contribution in [3.8, 4) is 5.69 Å². The number of carboxylic acids is 1. The van der Waals surface area contributed by atoms with Gasteiger partial charge in [-0.15, -0.1) is 0 Å². The second kappa shape index (κ2) is 7.58. The second-order valence-electron chi connectivity index (χ2n) is 5.95. The molecule has 0 bridgehead atoms. The van der Waals surface area contributed by atoms with Crippen LogP contribution in [-0.4, -0.2) is 21.6 Å². The number of hydrogen-bond donors (Lipinski definition) is 1. The van der Waals surface area contributed by atoms with Gasteiger partial charge in [0, 0.05) is 17.6 Å². The maximum atomic E-state index is 12.3. The largest absolute Gasteiger partial charge is 0.545 e. The number of benzene rings is 2. The SMILES string of the molecule is O=C1NC(=Nc2ccccc2)S/C1=C\c1cccn1-c1ccc(C(=O)[O-])cc1. The molecule has 3 aromatic rings. The molecule has 0 unspecified atom stereocenters. The number of aliphatic imine (C=N–C) groups is 1. The minimum absolute atomic E-state index is 0.114. The summed E-state index contributed by atoms with van der Waals surface area (Å²) in [6, 6.07) is 19.5. The molecule has 2 heterocycles. The molecule has 138 valence electrons. The molecular formula is C21H14N3O3S-. The number of para-hydroxylation sites is 1. The van der Waals surface area contributed by atoms with Crippen molar-refractivity contribution < 1.29 is 14.7 Å². The van der Waals surface area contributed by atoms with E-state index in [2.05, 4.69) is 10.3 Å². The number of hydrogen-bond acceptors (Lipinski definition) is 5. The number of carboxylic acid groups (broad SMARTS) is 1. The van der Waals surface area contributed by atoms with Gasteiger partial charge in [0.2, 0.25) is 0 Å². The Morgan fingerprint density at radius 2 is 1.79 bits per heavy atom. The first-order valence-electron chi connectivity index (χ1n) is 8.44. The predicted molar refractivity (Wildman–Crippen MR) is 107 cm³/mol. The number of carbonyl (C=O) groups excluding carboxylic acids is 2. The Morgan fingerprint density at radius 1 is 1.04 bits per heavy atom. The Hall–Kier alpha value is -3.58. The first kappa shape index (κ1) is 17.8. The van der Waals surface area contributed by atoms with Gasteiger partial charge in [0.25, 0.3) is 5.91 Å². The fourth-order valence-electron chi connectivity index (χ4n) is 2.74. The van der Waals surface area contributed by atoms with Gasteiger partial charge in [-0.1, -0.05) is 30.3 Å². The molecule has 7 heteroatoms. The van der Waals surface area contributed by atoms with Gasteiger partial charge in [-0.05, 0) is 59.8 Å². The van der Waals surface area contributed by atoms with Crippen molar-refractivity contribution in [2.45, 2.75) is 0 Å². The number of rotatable bonds is 4. The molecule has 1 aromatic heterocycles. The van der Waals surface area contributed by atoms with Gasteiger partial charge in [-0.2, -0.15) is 0 Å². The van der Waals surface area contributed by atoms with Crippen molar-refractivity contribution in [3.05, 3.63) is 89.1 Å². The van der Waals surface area contributed by atoms with Crippen molar-refractivity contribution >= 4 is 40.6 Å². The van der Waals surface area contributed by atoms with Gasteiger partial charge in [-0.3, -0.25) is 4.79 Å². The van der Waals surface area contributed by atoms with Gasteiger partial charge >= 0.3 is 0 Å². The number of thioether (sulfide) groups is 1. The van der Waals surface area contributed by atoms with Crippen molar-refractivity contribution in [1.29, 1.82) is 0 Å². The van der Waals surface area contributed by atoms with E-state index in [0.717, 1.165) is 17.1 Å². The lowest BCUT2D eigenvalue weighted by molar-refractivity contribution is -0.255. The Labute approximate surface area is 165 Å². The van der Waals surface area contributed by atoms with Crippen molar-refractivity contribution in [3.63, 3.8) is 0 Å². The molecule has 0 aliphatic carbocycles. The smallest absolute Gasteiger partial charge is 0.264 e. The van der Waals surface area contributed by atoms with Crippen LogP contribution in [0.4, 0.5) is 5.69 Å². The van der Waals surface area contributed by atoms with Crippen LogP contribution < -0.4 is 10.4 Å². The number of amidine groups is 1. The van der Waals surface area contributed by atoms with E-state index in [9.17, 15) is 14.7 Å². The Morgan fingerprint density at radius 3 is 2.50 bits per heavy atom. The summed E-state index contributed by atoms with van der Waals surface area (Å²) in [4.78, 5) is 28.2. The lowest BCUT2D eigenvalue weighted by Gasteiger charge is -2.08. The van der Waals surface area contributed by atoms with Crippen LogP contribution in [0, 0.1) is 0 Å². The van der Waals surface area contributed by atoms with Crippen LogP contribution in [0.3, 0.4) is 0 Å². The van der Waals surface area contributed by atoms with Crippen LogP contribution >= 0.6 is 11.8 Å². The Kier molecular flexibility index (Phi) is 4.82. The van der Waals surface area contributed by atoms with Crippen LogP contribution in [0.25, 0.3) is 11.8 Å². The van der Waals surface area contributed by atoms with E-state index < -0.39 is 5.97 Å². The molecule has 1 fully saturated rings. The van der Waals surface area contributed by atoms with E-state index in [1.165, 1.54) is 23.9 Å². The fraction of sp³-hybridized carbons (Fsp3) is 0. The molecule has 0 spiro atoms. The standard InChI is InChI=1S/C21H15N3O3S/c25-19-18(28-21(23-19)22-15-5-2-1-3-6-15)13-17-7-4-12-24(17)16-10-8-14(9-11-16)20(26)27/h1-13H,(H,26,27)(H,22,23,25)/p-1/b18-13-. The summed E-state index contributed by atoms with van der Waals surface area (Å²) in [5.74, 6) is -1.43. The average molecular weight is 388 g/mol. The lowest BCUT2D eigenvalue weighted by Crippen LogP contribution is -2.22. The molecular weight excluding hydrogens is 374 g/mol. The second-order valence-corrected chi connectivity index (χ2v) is 6.99. The molecule has 2 aromatic carbocycles. The van der Waals surface area contributed by atoms with Crippen LogP contribution in [-0.2, 0) is 4.79 Å². The molecule has 28 heavy (non-hydrogen) atoms. The summed E-state index contributed by atoms with van der Waals surface area (Å²) in [5, 5.41) is 14.2. The summed E-state index contributed by atoms with van der Waals surface area (Å²) in [5.41, 5.74) is 2.45. The van der Waals surface area contributed by atoms with Gasteiger partial charge in [0.1, 0.15) is 0 Å². The fourth-order valence-corrected chi connectivity index (χ4v) is 3.57. The zero-order chi connectivity index (χ0) is 19.5. The summed E-state index contributed by atoms with van der Waals surface area (Å²) >= 11 is 1.27. The quantitative estimate of drug-likeness (QED) is 0.697. The zero-order valence-corrected chi connectivity index (χ0v) is 15.3. The molecule has 6 nitrogen and oxygen atoms in total. The molecule has 1 saturated heterocycles. The molecule has 1 N–H and O–H groups in total. The number of aromatic carboxylic acids is 1. The average Bonchev–Trinajstić information content (AvgIpc) is 3.29. The monoisotopic (exact) mass is 388 g/mol. The minimum atomic E-state index is -1.22. The molecule has 0 radical (unpaired) electrons. The highest BCUT2D eigenvalue weighted by Gasteiger charge is 2.24. The third-order valence-corrected chi connectivity index (χ3v) is 4.99. The molecule has 1 aliphatic rings. The predicted octanol–water partition coefficient (Wildman–Crippen LogP) is 2.73. The summed E-state index contributed by atoms with van der Waals surface area (Å²) in [6.45, 7) is 0. The van der Waals surface area contributed by atoms with Crippen molar-refractivity contribution in [2.24, 2.45) is 4.99 Å². The minimum Gasteiger partial charge on any atom is -0.545 e. The van der Waals surface area contributed by atoms with Crippen LogP contribution in [0.15, 0.2) is 82.8 Å². The molecule has 1 amide bonds. The van der Waals surface area contributed by atoms with Crippen LogP contribution in [0.2, 0.25) is 0 Å². The number of amides is 1.